The number of carboxylic acid groups (broad SMARTS) is 1. The zero-order valence-electron chi connectivity index (χ0n) is 16.0. The van der Waals surface area contributed by atoms with Crippen molar-refractivity contribution in [1.29, 1.82) is 0 Å². The maximum atomic E-state index is 12.9. The van der Waals surface area contributed by atoms with Crippen molar-refractivity contribution in [3.05, 3.63) is 30.4 Å². The van der Waals surface area contributed by atoms with Crippen molar-refractivity contribution < 1.29 is 14.3 Å². The Morgan fingerprint density at radius 3 is 2.32 bits per heavy atom. The predicted molar refractivity (Wildman–Crippen MR) is 109 cm³/mol. The summed E-state index contributed by atoms with van der Waals surface area (Å²) in [4.78, 5) is 17.7. The lowest BCUT2D eigenvalue weighted by atomic mass is 10.3. The number of amides is 1. The Morgan fingerprint density at radius 2 is 1.89 bits per heavy atom. The van der Waals surface area contributed by atoms with Gasteiger partial charge in [0.2, 0.25) is 0 Å². The quantitative estimate of drug-likeness (QED) is 0.550. The summed E-state index contributed by atoms with van der Waals surface area (Å²) in [5.74, 6) is 0.0891. The van der Waals surface area contributed by atoms with Crippen molar-refractivity contribution >= 4 is 27.0 Å². The lowest BCUT2D eigenvalue weighted by molar-refractivity contribution is 0.189. The van der Waals surface area contributed by atoms with Gasteiger partial charge in [-0.3, -0.25) is 5.10 Å². The van der Waals surface area contributed by atoms with E-state index in [9.17, 15) is 9.18 Å². The van der Waals surface area contributed by atoms with Crippen LogP contribution in [0.2, 0.25) is 0 Å². The van der Waals surface area contributed by atoms with Gasteiger partial charge in [0, 0.05) is 17.8 Å². The Morgan fingerprint density at radius 1 is 1.25 bits per heavy atom. The predicted octanol–water partition coefficient (Wildman–Crippen LogP) is 4.54. The second kappa shape index (κ2) is 10.9. The van der Waals surface area contributed by atoms with E-state index in [4.69, 9.17) is 5.11 Å². The van der Waals surface area contributed by atoms with Gasteiger partial charge in [-0.15, -0.1) is 0 Å². The molecule has 2 aromatic rings. The molecule has 4 rings (SSSR count). The van der Waals surface area contributed by atoms with Crippen LogP contribution in [0.3, 0.4) is 0 Å². The van der Waals surface area contributed by atoms with E-state index in [1.54, 1.807) is 18.3 Å². The smallest absolute Gasteiger partial charge is 0.405 e. The van der Waals surface area contributed by atoms with E-state index in [1.165, 1.54) is 38.3 Å². The Labute approximate surface area is 166 Å². The average molecular weight is 410 g/mol. The molecule has 0 aromatic carbocycles. The molecule has 0 spiro atoms. The molecule has 2 heterocycles. The topological polar surface area (TPSA) is 116 Å². The van der Waals surface area contributed by atoms with Crippen LogP contribution in [-0.4, -0.2) is 36.9 Å². The van der Waals surface area contributed by atoms with Crippen LogP contribution in [0.4, 0.5) is 20.8 Å². The molecule has 28 heavy (non-hydrogen) atoms. The average Bonchev–Trinajstić information content (AvgIpc) is 3.10. The third kappa shape index (κ3) is 8.61. The van der Waals surface area contributed by atoms with Crippen molar-refractivity contribution in [2.75, 3.05) is 5.32 Å². The fraction of sp³-hybridized carbons (Fsp3) is 0.556. The number of rotatable bonds is 4. The van der Waals surface area contributed by atoms with E-state index in [1.807, 2.05) is 16.2 Å². The highest BCUT2D eigenvalue weighted by Crippen LogP contribution is 2.33. The second-order valence-corrected chi connectivity index (χ2v) is 7.64. The molecule has 2 atom stereocenters. The van der Waals surface area contributed by atoms with Crippen molar-refractivity contribution in [2.45, 2.75) is 63.3 Å². The molecule has 1 amide bonds. The van der Waals surface area contributed by atoms with Crippen molar-refractivity contribution in [3.8, 4) is 0 Å². The molecule has 4 N–H and O–H groups in total. The summed E-state index contributed by atoms with van der Waals surface area (Å²) < 4.78 is 12.9. The molecule has 154 valence electrons. The van der Waals surface area contributed by atoms with Gasteiger partial charge in [0.15, 0.2) is 11.7 Å². The standard InChI is InChI=1S/C8H9FN5P.C5H9NO2.C5H10/c9-7(15)8-10-3-1-5(13-8)12-6-2-4-11-14-6;1-5(2-3-5)6-4(7)8;1-2-4-5-3-1/h1-4,7H,15H2,(H2,10,11,12,13,14);6H,2-3H2,1H3,(H,7,8);1-5H2. The SMILES string of the molecule is C1CCCC1.CC1(NC(=O)O)CC1.FC(P)c1nccc(Nc2ccn[nH]2)n1. The van der Waals surface area contributed by atoms with Crippen LogP contribution >= 0.6 is 9.24 Å². The monoisotopic (exact) mass is 410 g/mol. The van der Waals surface area contributed by atoms with Gasteiger partial charge in [-0.05, 0) is 25.8 Å². The molecule has 2 fully saturated rings. The summed E-state index contributed by atoms with van der Waals surface area (Å²) in [6, 6.07) is 3.40. The lowest BCUT2D eigenvalue weighted by Crippen LogP contribution is -2.32. The van der Waals surface area contributed by atoms with Crippen molar-refractivity contribution in [2.24, 2.45) is 0 Å². The Balaban J connectivity index is 0.000000179. The molecule has 2 saturated carbocycles. The van der Waals surface area contributed by atoms with Crippen LogP contribution in [-0.2, 0) is 0 Å². The zero-order chi connectivity index (χ0) is 20.4. The second-order valence-electron chi connectivity index (χ2n) is 7.06. The van der Waals surface area contributed by atoms with Crippen LogP contribution in [0.1, 0.15) is 63.6 Å². The fourth-order valence-corrected chi connectivity index (χ4v) is 2.65. The van der Waals surface area contributed by atoms with Gasteiger partial charge >= 0.3 is 6.09 Å². The number of halogens is 1. The third-order valence-corrected chi connectivity index (χ3v) is 4.64. The molecular formula is C18H28FN6O2P. The van der Waals surface area contributed by atoms with Crippen LogP contribution in [0.5, 0.6) is 0 Å². The number of H-pyrrole nitrogens is 1. The number of hydrogen-bond donors (Lipinski definition) is 4. The van der Waals surface area contributed by atoms with Gasteiger partial charge in [0.05, 0.1) is 6.20 Å². The zero-order valence-corrected chi connectivity index (χ0v) is 17.1. The van der Waals surface area contributed by atoms with Gasteiger partial charge in [-0.25, -0.2) is 19.2 Å². The number of aromatic amines is 1. The Bertz CT molecular complexity index is 713. The van der Waals surface area contributed by atoms with Gasteiger partial charge < -0.3 is 15.7 Å². The first-order valence-electron chi connectivity index (χ1n) is 9.38. The van der Waals surface area contributed by atoms with Crippen LogP contribution in [0, 0.1) is 0 Å². The minimum absolute atomic E-state index is 0.0775. The minimum Gasteiger partial charge on any atom is -0.465 e. The Hall–Kier alpha value is -2.28. The highest BCUT2D eigenvalue weighted by Gasteiger charge is 2.38. The van der Waals surface area contributed by atoms with Crippen LogP contribution in [0.25, 0.3) is 0 Å². The highest BCUT2D eigenvalue weighted by molar-refractivity contribution is 7.16. The minimum atomic E-state index is -1.26. The number of nitrogens with one attached hydrogen (secondary N) is 3. The number of nitrogens with zero attached hydrogens (tertiary/aromatic N) is 3. The molecule has 10 heteroatoms. The van der Waals surface area contributed by atoms with Crippen molar-refractivity contribution in [3.63, 3.8) is 0 Å². The van der Waals surface area contributed by atoms with E-state index in [-0.39, 0.29) is 11.4 Å². The third-order valence-electron chi connectivity index (χ3n) is 4.34. The molecule has 0 bridgehead atoms. The first-order chi connectivity index (χ1) is 13.4. The number of aromatic nitrogens is 4. The van der Waals surface area contributed by atoms with E-state index >= 15 is 0 Å². The summed E-state index contributed by atoms with van der Waals surface area (Å²) in [5, 5.41) is 20.0. The van der Waals surface area contributed by atoms with Gasteiger partial charge in [0.1, 0.15) is 11.6 Å². The van der Waals surface area contributed by atoms with E-state index in [2.05, 4.69) is 30.8 Å². The van der Waals surface area contributed by atoms with E-state index in [0.717, 1.165) is 12.8 Å². The molecule has 8 nitrogen and oxygen atoms in total. The summed E-state index contributed by atoms with van der Waals surface area (Å²) in [7, 11) is 2.00. The molecule has 0 saturated heterocycles. The van der Waals surface area contributed by atoms with Crippen molar-refractivity contribution in [1.82, 2.24) is 25.5 Å². The molecule has 2 aliphatic rings. The summed E-state index contributed by atoms with van der Waals surface area (Å²) in [5.41, 5.74) is -0.0775. The molecule has 2 aliphatic carbocycles. The summed E-state index contributed by atoms with van der Waals surface area (Å²) >= 11 is 0. The molecule has 2 aromatic heterocycles. The molecular weight excluding hydrogens is 382 g/mol. The number of alkyl halides is 1. The highest BCUT2D eigenvalue weighted by atomic mass is 31.0. The van der Waals surface area contributed by atoms with E-state index in [0.29, 0.717) is 11.6 Å². The maximum Gasteiger partial charge on any atom is 0.405 e. The Kier molecular flexibility index (Phi) is 8.57. The van der Waals surface area contributed by atoms with Gasteiger partial charge in [-0.1, -0.05) is 41.3 Å². The summed E-state index contributed by atoms with van der Waals surface area (Å²) in [6.45, 7) is 1.90. The molecule has 0 aliphatic heterocycles. The van der Waals surface area contributed by atoms with Gasteiger partial charge in [-0.2, -0.15) is 5.10 Å². The summed E-state index contributed by atoms with van der Waals surface area (Å²) in [6.07, 6.45) is 11.7. The van der Waals surface area contributed by atoms with Crippen LogP contribution < -0.4 is 10.6 Å². The van der Waals surface area contributed by atoms with Gasteiger partial charge in [0.25, 0.3) is 0 Å². The first-order valence-corrected chi connectivity index (χ1v) is 10.0. The fourth-order valence-electron chi connectivity index (χ4n) is 2.49. The van der Waals surface area contributed by atoms with E-state index < -0.39 is 12.0 Å². The molecule has 2 unspecified atom stereocenters. The maximum absolute atomic E-state index is 12.9. The van der Waals surface area contributed by atoms with Crippen LogP contribution in [0.15, 0.2) is 24.5 Å². The number of carbonyl (C=O) groups is 1. The number of hydrogen-bond acceptors (Lipinski definition) is 5. The first kappa shape index (κ1) is 22.0. The number of anilines is 2. The largest absolute Gasteiger partial charge is 0.465 e. The lowest BCUT2D eigenvalue weighted by Gasteiger charge is -2.04. The molecule has 0 radical (unpaired) electrons. The normalized spacial score (nSPS) is 17.2.